The highest BCUT2D eigenvalue weighted by Crippen LogP contribution is 2.19. The first-order valence-electron chi connectivity index (χ1n) is 6.58. The summed E-state index contributed by atoms with van der Waals surface area (Å²) in [5.41, 5.74) is 0. The lowest BCUT2D eigenvalue weighted by Gasteiger charge is -1.82. The highest BCUT2D eigenvalue weighted by atomic mass is 32.2. The second-order valence-electron chi connectivity index (χ2n) is 4.51. The van der Waals surface area contributed by atoms with E-state index in [9.17, 15) is 8.42 Å². The maximum Gasteiger partial charge on any atom is 0.271 e. The van der Waals surface area contributed by atoms with Crippen molar-refractivity contribution in [3.05, 3.63) is 71.4 Å². The molecule has 23 heavy (non-hydrogen) atoms. The van der Waals surface area contributed by atoms with E-state index >= 15 is 0 Å². The van der Waals surface area contributed by atoms with E-state index in [2.05, 4.69) is 81.7 Å². The molecule has 4 N–H and O–H groups in total. The minimum atomic E-state index is -3.67. The van der Waals surface area contributed by atoms with Gasteiger partial charge < -0.3 is 0 Å². The highest BCUT2D eigenvalue weighted by Gasteiger charge is 1.88. The van der Waals surface area contributed by atoms with Crippen molar-refractivity contribution < 1.29 is 8.42 Å². The molecular formula is C16H16N2O2S3. The summed E-state index contributed by atoms with van der Waals surface area (Å²) in [6.45, 7) is 0. The third-order valence-corrected chi connectivity index (χ3v) is 4.52. The van der Waals surface area contributed by atoms with Crippen molar-refractivity contribution in [2.24, 2.45) is 10.3 Å². The second-order valence-corrected chi connectivity index (χ2v) is 7.58. The quantitative estimate of drug-likeness (QED) is 0.495. The number of hydrogen-bond donors (Lipinski definition) is 2. The van der Waals surface area contributed by atoms with E-state index in [-0.39, 0.29) is 0 Å². The van der Waals surface area contributed by atoms with Gasteiger partial charge in [-0.05, 0) is 45.8 Å². The van der Waals surface area contributed by atoms with Crippen molar-refractivity contribution in [1.29, 1.82) is 0 Å². The molecule has 0 radical (unpaired) electrons. The Balaban J connectivity index is 0.000000132. The Morgan fingerprint density at radius 1 is 0.652 bits per heavy atom. The Morgan fingerprint density at radius 3 is 1.35 bits per heavy atom. The van der Waals surface area contributed by atoms with Crippen LogP contribution in [0, 0.1) is 0 Å². The van der Waals surface area contributed by atoms with Gasteiger partial charge in [-0.15, -0.1) is 22.7 Å². The lowest BCUT2D eigenvalue weighted by atomic mass is 10.3. The van der Waals surface area contributed by atoms with Crippen molar-refractivity contribution in [2.75, 3.05) is 0 Å². The van der Waals surface area contributed by atoms with Gasteiger partial charge in [-0.1, -0.05) is 36.4 Å². The molecule has 120 valence electrons. The summed E-state index contributed by atoms with van der Waals surface area (Å²) >= 11 is 3.57. The fourth-order valence-corrected chi connectivity index (χ4v) is 3.39. The average molecular weight is 365 g/mol. The molecule has 0 bridgehead atoms. The van der Waals surface area contributed by atoms with Gasteiger partial charge in [-0.25, -0.2) is 10.3 Å². The molecule has 0 fully saturated rings. The van der Waals surface area contributed by atoms with Gasteiger partial charge in [-0.2, -0.15) is 8.42 Å². The van der Waals surface area contributed by atoms with E-state index < -0.39 is 10.2 Å². The second kappa shape index (κ2) is 8.19. The van der Waals surface area contributed by atoms with E-state index in [0.29, 0.717) is 0 Å². The van der Waals surface area contributed by atoms with Crippen LogP contribution in [0.25, 0.3) is 20.2 Å². The van der Waals surface area contributed by atoms with E-state index in [1.54, 1.807) is 22.7 Å². The predicted octanol–water partition coefficient (Wildman–Crippen LogP) is 3.95. The predicted molar refractivity (Wildman–Crippen MR) is 101 cm³/mol. The summed E-state index contributed by atoms with van der Waals surface area (Å²) < 4.78 is 21.1. The smallest absolute Gasteiger partial charge is 0.216 e. The molecule has 0 atom stereocenters. The van der Waals surface area contributed by atoms with Crippen molar-refractivity contribution in [3.8, 4) is 0 Å². The molecule has 2 heterocycles. The van der Waals surface area contributed by atoms with Crippen LogP contribution in [0.1, 0.15) is 0 Å². The van der Waals surface area contributed by atoms with Gasteiger partial charge in [0.2, 0.25) is 0 Å². The molecule has 0 spiro atoms. The van der Waals surface area contributed by atoms with Crippen LogP contribution in [0.15, 0.2) is 71.4 Å². The van der Waals surface area contributed by atoms with E-state index in [0.717, 1.165) is 0 Å². The standard InChI is InChI=1S/2C8H6S.H4N2O2S/c2*1-2-4-8-7(3-1)5-6-9-8;1-5(2,3)4/h2*1-6H;(H4,1,2,3,4). The SMILES string of the molecule is NS(N)(=O)=O.c1ccc2sccc2c1.c1ccc2sccc2c1. The molecule has 2 aromatic carbocycles. The molecule has 0 saturated heterocycles. The zero-order chi connectivity index (χ0) is 16.7. The fraction of sp³-hybridized carbons (Fsp3) is 0. The van der Waals surface area contributed by atoms with Crippen molar-refractivity contribution >= 4 is 53.1 Å². The molecule has 0 aliphatic rings. The molecule has 4 nitrogen and oxygen atoms in total. The zero-order valence-electron chi connectivity index (χ0n) is 12.1. The first-order chi connectivity index (χ1) is 10.9. The lowest BCUT2D eigenvalue weighted by Crippen LogP contribution is -2.21. The van der Waals surface area contributed by atoms with Gasteiger partial charge in [0.15, 0.2) is 0 Å². The van der Waals surface area contributed by atoms with Gasteiger partial charge in [0.1, 0.15) is 0 Å². The maximum atomic E-state index is 9.19. The largest absolute Gasteiger partial charge is 0.271 e. The Hall–Kier alpha value is -1.77. The van der Waals surface area contributed by atoms with Crippen LogP contribution in [0.4, 0.5) is 0 Å². The van der Waals surface area contributed by atoms with Crippen LogP contribution in [0.5, 0.6) is 0 Å². The monoisotopic (exact) mass is 364 g/mol. The molecule has 4 rings (SSSR count). The van der Waals surface area contributed by atoms with Crippen LogP contribution in [0.2, 0.25) is 0 Å². The van der Waals surface area contributed by atoms with Gasteiger partial charge in [0.25, 0.3) is 10.2 Å². The fourth-order valence-electron chi connectivity index (χ4n) is 1.81. The Bertz CT molecular complexity index is 841. The Morgan fingerprint density at radius 2 is 1.00 bits per heavy atom. The summed E-state index contributed by atoms with van der Waals surface area (Å²) in [6, 6.07) is 21.1. The summed E-state index contributed by atoms with van der Waals surface area (Å²) in [4.78, 5) is 0. The highest BCUT2D eigenvalue weighted by molar-refractivity contribution is 7.86. The summed E-state index contributed by atoms with van der Waals surface area (Å²) in [6.07, 6.45) is 0. The minimum absolute atomic E-state index is 1.35. The van der Waals surface area contributed by atoms with Crippen LogP contribution in [0.3, 0.4) is 0 Å². The van der Waals surface area contributed by atoms with Gasteiger partial charge in [-0.3, -0.25) is 0 Å². The molecule has 0 aliphatic heterocycles. The molecule has 0 unspecified atom stereocenters. The molecule has 0 saturated carbocycles. The first-order valence-corrected chi connectivity index (χ1v) is 9.95. The lowest BCUT2D eigenvalue weighted by molar-refractivity contribution is 0.599. The van der Waals surface area contributed by atoms with Gasteiger partial charge >= 0.3 is 0 Å². The Labute approximate surface area is 143 Å². The minimum Gasteiger partial charge on any atom is -0.216 e. The number of rotatable bonds is 0. The van der Waals surface area contributed by atoms with Crippen LogP contribution < -0.4 is 10.3 Å². The number of benzene rings is 2. The average Bonchev–Trinajstić information content (AvgIpc) is 3.15. The molecular weight excluding hydrogens is 348 g/mol. The van der Waals surface area contributed by atoms with Crippen LogP contribution in [-0.2, 0) is 10.2 Å². The number of nitrogens with two attached hydrogens (primary N) is 2. The van der Waals surface area contributed by atoms with E-state index in [1.165, 1.54) is 20.2 Å². The summed E-state index contributed by atoms with van der Waals surface area (Å²) in [5.74, 6) is 0. The normalized spacial score (nSPS) is 10.5. The van der Waals surface area contributed by atoms with Crippen molar-refractivity contribution in [2.45, 2.75) is 0 Å². The number of thiophene rings is 2. The molecule has 7 heteroatoms. The maximum absolute atomic E-state index is 9.19. The molecule has 4 aromatic rings. The van der Waals surface area contributed by atoms with Crippen molar-refractivity contribution in [3.63, 3.8) is 0 Å². The molecule has 0 amide bonds. The molecule has 2 aromatic heterocycles. The van der Waals surface area contributed by atoms with Crippen LogP contribution >= 0.6 is 22.7 Å². The van der Waals surface area contributed by atoms with Gasteiger partial charge in [0.05, 0.1) is 0 Å². The Kier molecular flexibility index (Phi) is 6.26. The third kappa shape index (κ3) is 6.47. The molecule has 0 aliphatic carbocycles. The zero-order valence-corrected chi connectivity index (χ0v) is 14.6. The first kappa shape index (κ1) is 17.6. The van der Waals surface area contributed by atoms with Gasteiger partial charge in [0, 0.05) is 9.40 Å². The van der Waals surface area contributed by atoms with E-state index in [1.807, 2.05) is 0 Å². The van der Waals surface area contributed by atoms with Crippen molar-refractivity contribution in [1.82, 2.24) is 0 Å². The van der Waals surface area contributed by atoms with E-state index in [4.69, 9.17) is 0 Å². The summed E-state index contributed by atoms with van der Waals surface area (Å²) in [7, 11) is -3.67. The third-order valence-electron chi connectivity index (χ3n) is 2.72. The summed E-state index contributed by atoms with van der Waals surface area (Å²) in [5, 5.41) is 15.1. The topological polar surface area (TPSA) is 86.2 Å². The number of hydrogen-bond acceptors (Lipinski definition) is 4. The van der Waals surface area contributed by atoms with Crippen LogP contribution in [-0.4, -0.2) is 8.42 Å². The number of fused-ring (bicyclic) bond motifs is 2.